The number of amides is 1. The van der Waals surface area contributed by atoms with Gasteiger partial charge in [0.15, 0.2) is 11.6 Å². The number of fused-ring (bicyclic) bond motifs is 1. The summed E-state index contributed by atoms with van der Waals surface area (Å²) in [6.45, 7) is 5.87. The Morgan fingerprint density at radius 2 is 1.62 bits per heavy atom. The van der Waals surface area contributed by atoms with Crippen LogP contribution >= 0.6 is 0 Å². The van der Waals surface area contributed by atoms with Gasteiger partial charge in [-0.15, -0.1) is 0 Å². The van der Waals surface area contributed by atoms with Crippen LogP contribution in [0.15, 0.2) is 60.7 Å². The molecule has 0 aliphatic heterocycles. The van der Waals surface area contributed by atoms with E-state index in [4.69, 9.17) is 0 Å². The Bertz CT molecular complexity index is 1380. The molecule has 0 radical (unpaired) electrons. The summed E-state index contributed by atoms with van der Waals surface area (Å²) in [4.78, 5) is 16.1. The van der Waals surface area contributed by atoms with E-state index in [9.17, 15) is 26.7 Å². The molecule has 0 fully saturated rings. The number of carbonyl (C=O) groups is 1. The molecule has 1 heterocycles. The first kappa shape index (κ1) is 23.4. The Hall–Kier alpha value is -3.75. The van der Waals surface area contributed by atoms with Crippen LogP contribution in [0.5, 0.6) is 0 Å². The first-order valence-corrected chi connectivity index (χ1v) is 10.3. The van der Waals surface area contributed by atoms with Crippen molar-refractivity contribution in [2.24, 2.45) is 0 Å². The van der Waals surface area contributed by atoms with Crippen LogP contribution in [0, 0.1) is 11.6 Å². The molecule has 9 heteroatoms. The van der Waals surface area contributed by atoms with Crippen molar-refractivity contribution in [3.05, 3.63) is 89.2 Å². The number of nitrogens with zero attached hydrogens (tertiary/aromatic N) is 2. The predicted molar refractivity (Wildman–Crippen MR) is 119 cm³/mol. The van der Waals surface area contributed by atoms with E-state index < -0.39 is 35.1 Å². The highest BCUT2D eigenvalue weighted by molar-refractivity contribution is 6.04. The van der Waals surface area contributed by atoms with Crippen LogP contribution in [0.3, 0.4) is 0 Å². The van der Waals surface area contributed by atoms with Crippen molar-refractivity contribution >= 4 is 22.6 Å². The molecular weight excluding hydrogens is 453 g/mol. The van der Waals surface area contributed by atoms with Gasteiger partial charge < -0.3 is 5.32 Å². The van der Waals surface area contributed by atoms with Gasteiger partial charge >= 0.3 is 6.18 Å². The van der Waals surface area contributed by atoms with Crippen molar-refractivity contribution in [3.8, 4) is 5.69 Å². The molecule has 0 aliphatic rings. The van der Waals surface area contributed by atoms with Gasteiger partial charge in [0.1, 0.15) is 0 Å². The topological polar surface area (TPSA) is 46.9 Å². The molecule has 1 N–H and O–H groups in total. The van der Waals surface area contributed by atoms with Gasteiger partial charge in [-0.1, -0.05) is 32.9 Å². The molecule has 3 aromatic carbocycles. The highest BCUT2D eigenvalue weighted by atomic mass is 19.4. The van der Waals surface area contributed by atoms with Gasteiger partial charge in [-0.3, -0.25) is 9.36 Å². The molecule has 176 valence electrons. The molecule has 0 saturated heterocycles. The van der Waals surface area contributed by atoms with Gasteiger partial charge in [0, 0.05) is 11.4 Å². The number of benzene rings is 3. The summed E-state index contributed by atoms with van der Waals surface area (Å²) in [5, 5.41) is 2.41. The Labute approximate surface area is 192 Å². The second-order valence-electron chi connectivity index (χ2n) is 8.82. The SMILES string of the molecule is CC(C)(C)c1ccc2c(c1)nc(C(F)(F)F)n2-c1ccc(NC(=O)c2cccc(F)c2F)cc1. The van der Waals surface area contributed by atoms with E-state index in [1.54, 1.807) is 18.2 Å². The lowest BCUT2D eigenvalue weighted by atomic mass is 9.87. The summed E-state index contributed by atoms with van der Waals surface area (Å²) in [5.74, 6) is -4.41. The smallest absolute Gasteiger partial charge is 0.322 e. The van der Waals surface area contributed by atoms with E-state index in [1.165, 1.54) is 30.3 Å². The molecule has 0 spiro atoms. The van der Waals surface area contributed by atoms with Gasteiger partial charge in [-0.2, -0.15) is 13.2 Å². The van der Waals surface area contributed by atoms with Crippen LogP contribution in [0.1, 0.15) is 42.5 Å². The second kappa shape index (κ2) is 8.23. The Balaban J connectivity index is 1.72. The van der Waals surface area contributed by atoms with Crippen molar-refractivity contribution in [2.45, 2.75) is 32.4 Å². The van der Waals surface area contributed by atoms with Crippen LogP contribution in [0.2, 0.25) is 0 Å². The van der Waals surface area contributed by atoms with Crippen LogP contribution in [0.25, 0.3) is 16.7 Å². The number of nitrogens with one attached hydrogen (secondary N) is 1. The van der Waals surface area contributed by atoms with Crippen LogP contribution in [-0.2, 0) is 11.6 Å². The molecular formula is C25H20F5N3O. The van der Waals surface area contributed by atoms with Gasteiger partial charge in [0.2, 0.25) is 5.82 Å². The quantitative estimate of drug-likeness (QED) is 0.330. The molecule has 0 bridgehead atoms. The van der Waals surface area contributed by atoms with E-state index in [0.717, 1.165) is 22.3 Å². The van der Waals surface area contributed by atoms with Crippen LogP contribution < -0.4 is 5.32 Å². The zero-order valence-corrected chi connectivity index (χ0v) is 18.5. The Morgan fingerprint density at radius 3 is 2.24 bits per heavy atom. The summed E-state index contributed by atoms with van der Waals surface area (Å²) in [6.07, 6.45) is -4.71. The normalized spacial score (nSPS) is 12.2. The van der Waals surface area contributed by atoms with E-state index in [2.05, 4.69) is 10.3 Å². The summed E-state index contributed by atoms with van der Waals surface area (Å²) in [7, 11) is 0. The zero-order valence-electron chi connectivity index (χ0n) is 18.5. The lowest BCUT2D eigenvalue weighted by Crippen LogP contribution is -2.15. The summed E-state index contributed by atoms with van der Waals surface area (Å²) >= 11 is 0. The van der Waals surface area contributed by atoms with Crippen molar-refractivity contribution in [1.82, 2.24) is 9.55 Å². The van der Waals surface area contributed by atoms with Gasteiger partial charge in [0.05, 0.1) is 16.6 Å². The minimum atomic E-state index is -4.71. The molecule has 0 aliphatic carbocycles. The van der Waals surface area contributed by atoms with Crippen LogP contribution in [-0.4, -0.2) is 15.5 Å². The molecule has 0 unspecified atom stereocenters. The molecule has 1 amide bonds. The number of halogens is 5. The van der Waals surface area contributed by atoms with Crippen molar-refractivity contribution in [1.29, 1.82) is 0 Å². The number of anilines is 1. The molecule has 4 rings (SSSR count). The first-order valence-electron chi connectivity index (χ1n) is 10.3. The maximum atomic E-state index is 13.9. The van der Waals surface area contributed by atoms with Crippen molar-refractivity contribution in [3.63, 3.8) is 0 Å². The maximum absolute atomic E-state index is 13.9. The third kappa shape index (κ3) is 4.37. The molecule has 0 saturated carbocycles. The van der Waals surface area contributed by atoms with Gasteiger partial charge in [-0.05, 0) is 59.5 Å². The van der Waals surface area contributed by atoms with E-state index in [1.807, 2.05) is 20.8 Å². The maximum Gasteiger partial charge on any atom is 0.450 e. The predicted octanol–water partition coefficient (Wildman–Crippen LogP) is 6.87. The summed E-state index contributed by atoms with van der Waals surface area (Å²) < 4.78 is 69.7. The Morgan fingerprint density at radius 1 is 0.941 bits per heavy atom. The monoisotopic (exact) mass is 473 g/mol. The summed E-state index contributed by atoms with van der Waals surface area (Å²) in [5.41, 5.74) is 0.952. The average molecular weight is 473 g/mol. The highest BCUT2D eigenvalue weighted by Gasteiger charge is 2.38. The number of rotatable bonds is 3. The largest absolute Gasteiger partial charge is 0.450 e. The highest BCUT2D eigenvalue weighted by Crippen LogP contribution is 2.35. The molecule has 4 aromatic rings. The minimum Gasteiger partial charge on any atom is -0.322 e. The molecule has 0 atom stereocenters. The number of imidazole rings is 1. The van der Waals surface area contributed by atoms with E-state index in [-0.39, 0.29) is 27.8 Å². The average Bonchev–Trinajstić information content (AvgIpc) is 3.15. The third-order valence-corrected chi connectivity index (χ3v) is 5.35. The number of carbonyl (C=O) groups excluding carboxylic acids is 1. The zero-order chi connectivity index (χ0) is 24.8. The van der Waals surface area contributed by atoms with Crippen molar-refractivity contribution in [2.75, 3.05) is 5.32 Å². The standard InChI is InChI=1S/C25H20F5N3O/c1-24(2,3)14-7-12-20-19(13-14)32-23(25(28,29)30)33(20)16-10-8-15(9-11-16)31-22(34)17-5-4-6-18(26)21(17)27/h4-13H,1-3H3,(H,31,34). The Kier molecular flexibility index (Phi) is 5.67. The van der Waals surface area contributed by atoms with Crippen LogP contribution in [0.4, 0.5) is 27.6 Å². The summed E-state index contributed by atoms with van der Waals surface area (Å²) in [6, 6.07) is 13.7. The fourth-order valence-electron chi connectivity index (χ4n) is 3.57. The fourth-order valence-corrected chi connectivity index (χ4v) is 3.57. The van der Waals surface area contributed by atoms with Gasteiger partial charge in [0.25, 0.3) is 5.91 Å². The number of hydrogen-bond acceptors (Lipinski definition) is 2. The van der Waals surface area contributed by atoms with Crippen molar-refractivity contribution < 1.29 is 26.7 Å². The first-order chi connectivity index (χ1) is 15.9. The van der Waals surface area contributed by atoms with E-state index >= 15 is 0 Å². The second-order valence-corrected chi connectivity index (χ2v) is 8.82. The van der Waals surface area contributed by atoms with E-state index in [0.29, 0.717) is 0 Å². The fraction of sp³-hybridized carbons (Fsp3) is 0.200. The molecule has 1 aromatic heterocycles. The lowest BCUT2D eigenvalue weighted by Gasteiger charge is -2.18. The minimum absolute atomic E-state index is 0.174. The third-order valence-electron chi connectivity index (χ3n) is 5.35. The molecule has 4 nitrogen and oxygen atoms in total. The lowest BCUT2D eigenvalue weighted by molar-refractivity contribution is -0.145. The molecule has 34 heavy (non-hydrogen) atoms. The number of aromatic nitrogens is 2. The van der Waals surface area contributed by atoms with Gasteiger partial charge in [-0.25, -0.2) is 13.8 Å². The number of alkyl halides is 3. The number of hydrogen-bond donors (Lipinski definition) is 1.